The molecule has 0 heterocycles. The van der Waals surface area contributed by atoms with Crippen LogP contribution in [0.15, 0.2) is 0 Å². The molecule has 0 unspecified atom stereocenters. The number of unbranched alkanes of at least 4 members (excludes halogenated alkanes) is 15. The van der Waals surface area contributed by atoms with Gasteiger partial charge in [0.15, 0.2) is 0 Å². The Morgan fingerprint density at radius 1 is 0.690 bits per heavy atom. The second-order valence-electron chi connectivity index (χ2n) is 8.86. The molecule has 0 bridgehead atoms. The molecule has 0 fully saturated rings. The van der Waals surface area contributed by atoms with E-state index in [0.29, 0.717) is 5.75 Å². The first-order valence-electron chi connectivity index (χ1n) is 12.7. The lowest BCUT2D eigenvalue weighted by molar-refractivity contribution is -0.118. The van der Waals surface area contributed by atoms with Crippen molar-refractivity contribution in [1.29, 1.82) is 0 Å². The molecule has 0 saturated carbocycles. The van der Waals surface area contributed by atoms with E-state index < -0.39 is 0 Å². The van der Waals surface area contributed by atoms with E-state index in [1.165, 1.54) is 103 Å². The van der Waals surface area contributed by atoms with E-state index in [4.69, 9.17) is 0 Å². The van der Waals surface area contributed by atoms with Gasteiger partial charge in [0.25, 0.3) is 0 Å². The maximum Gasteiger partial charge on any atom is 0.229 e. The molecule has 29 heavy (non-hydrogen) atoms. The highest BCUT2D eigenvalue weighted by atomic mass is 32.2. The molecular formula is C25H52N2OS. The summed E-state index contributed by atoms with van der Waals surface area (Å²) in [6.07, 6.45) is 23.6. The molecule has 0 aromatic rings. The number of hydrogen-bond donors (Lipinski definition) is 1. The van der Waals surface area contributed by atoms with Crippen molar-refractivity contribution in [3.63, 3.8) is 0 Å². The quantitative estimate of drug-likeness (QED) is 0.177. The summed E-state index contributed by atoms with van der Waals surface area (Å²) in [7, 11) is 4.13. The van der Waals surface area contributed by atoms with Crippen LogP contribution >= 0.6 is 11.8 Å². The molecule has 1 amide bonds. The molecule has 0 rings (SSSR count). The Hall–Kier alpha value is -0.220. The van der Waals surface area contributed by atoms with Crippen LogP contribution in [0.2, 0.25) is 0 Å². The number of hydrogen-bond acceptors (Lipinski definition) is 3. The highest BCUT2D eigenvalue weighted by molar-refractivity contribution is 7.99. The molecule has 0 aliphatic rings. The van der Waals surface area contributed by atoms with E-state index >= 15 is 0 Å². The van der Waals surface area contributed by atoms with Crippen molar-refractivity contribution in [2.75, 3.05) is 38.7 Å². The van der Waals surface area contributed by atoms with Gasteiger partial charge in [-0.3, -0.25) is 4.79 Å². The van der Waals surface area contributed by atoms with Gasteiger partial charge in [-0.05, 0) is 39.2 Å². The topological polar surface area (TPSA) is 32.3 Å². The number of rotatable bonds is 23. The van der Waals surface area contributed by atoms with Gasteiger partial charge in [-0.1, -0.05) is 103 Å². The van der Waals surface area contributed by atoms with Gasteiger partial charge in [-0.25, -0.2) is 0 Å². The summed E-state index contributed by atoms with van der Waals surface area (Å²) in [4.78, 5) is 13.9. The van der Waals surface area contributed by atoms with Crippen LogP contribution in [0.3, 0.4) is 0 Å². The molecule has 0 aromatic carbocycles. The van der Waals surface area contributed by atoms with E-state index in [1.54, 1.807) is 11.8 Å². The Bertz CT molecular complexity index is 337. The van der Waals surface area contributed by atoms with Crippen molar-refractivity contribution in [3.8, 4) is 0 Å². The van der Waals surface area contributed by atoms with Gasteiger partial charge >= 0.3 is 0 Å². The van der Waals surface area contributed by atoms with Gasteiger partial charge in [0.05, 0.1) is 5.75 Å². The van der Waals surface area contributed by atoms with Crippen molar-refractivity contribution in [1.82, 2.24) is 10.2 Å². The lowest BCUT2D eigenvalue weighted by Gasteiger charge is -2.09. The zero-order valence-electron chi connectivity index (χ0n) is 20.1. The summed E-state index contributed by atoms with van der Waals surface area (Å²) < 4.78 is 0. The molecule has 4 heteroatoms. The zero-order valence-corrected chi connectivity index (χ0v) is 20.9. The average molecular weight is 429 g/mol. The molecule has 0 aliphatic heterocycles. The van der Waals surface area contributed by atoms with Crippen LogP contribution < -0.4 is 5.32 Å². The largest absolute Gasteiger partial charge is 0.355 e. The Morgan fingerprint density at radius 2 is 1.14 bits per heavy atom. The van der Waals surface area contributed by atoms with E-state index in [1.807, 2.05) is 0 Å². The van der Waals surface area contributed by atoms with Crippen molar-refractivity contribution < 1.29 is 4.79 Å². The average Bonchev–Trinajstić information content (AvgIpc) is 2.70. The Kier molecular flexibility index (Phi) is 23.9. The van der Waals surface area contributed by atoms with Crippen LogP contribution in [0.25, 0.3) is 0 Å². The number of carbonyl (C=O) groups is 1. The summed E-state index contributed by atoms with van der Waals surface area (Å²) in [5.41, 5.74) is 0. The smallest absolute Gasteiger partial charge is 0.229 e. The number of thioether (sulfide) groups is 1. The third kappa shape index (κ3) is 25.7. The van der Waals surface area contributed by atoms with Gasteiger partial charge in [0.2, 0.25) is 5.91 Å². The Labute approximate surface area is 187 Å². The lowest BCUT2D eigenvalue weighted by Crippen LogP contribution is -2.28. The summed E-state index contributed by atoms with van der Waals surface area (Å²) in [5, 5.41) is 3.01. The van der Waals surface area contributed by atoms with Gasteiger partial charge in [-0.15, -0.1) is 0 Å². The minimum atomic E-state index is 0.199. The highest BCUT2D eigenvalue weighted by Crippen LogP contribution is 2.14. The van der Waals surface area contributed by atoms with E-state index in [9.17, 15) is 4.79 Å². The standard InChI is InChI=1S/C25H52N2OS/c1-4-5-6-7-8-9-10-11-12-13-14-15-16-17-18-19-23-29-24-25(28)26-21-20-22-27(2)3/h4-24H2,1-3H3,(H,26,28). The van der Waals surface area contributed by atoms with Crippen LogP contribution in [-0.2, 0) is 4.79 Å². The Balaban J connectivity index is 3.10. The fourth-order valence-electron chi connectivity index (χ4n) is 3.59. The molecule has 1 N–H and O–H groups in total. The minimum absolute atomic E-state index is 0.199. The lowest BCUT2D eigenvalue weighted by atomic mass is 10.0. The van der Waals surface area contributed by atoms with E-state index in [-0.39, 0.29) is 5.91 Å². The normalized spacial score (nSPS) is 11.3. The van der Waals surface area contributed by atoms with Crippen molar-refractivity contribution in [3.05, 3.63) is 0 Å². The minimum Gasteiger partial charge on any atom is -0.355 e. The van der Waals surface area contributed by atoms with Crippen molar-refractivity contribution in [2.45, 2.75) is 116 Å². The number of carbonyl (C=O) groups excluding carboxylic acids is 1. The maximum absolute atomic E-state index is 11.7. The summed E-state index contributed by atoms with van der Waals surface area (Å²) in [6, 6.07) is 0. The Morgan fingerprint density at radius 3 is 1.59 bits per heavy atom. The van der Waals surface area contributed by atoms with Gasteiger partial charge in [-0.2, -0.15) is 11.8 Å². The fraction of sp³-hybridized carbons (Fsp3) is 0.960. The molecular weight excluding hydrogens is 376 g/mol. The third-order valence-electron chi connectivity index (χ3n) is 5.48. The van der Waals surface area contributed by atoms with E-state index in [2.05, 4.69) is 31.2 Å². The number of nitrogens with one attached hydrogen (secondary N) is 1. The van der Waals surface area contributed by atoms with Crippen molar-refractivity contribution in [2.24, 2.45) is 0 Å². The second-order valence-corrected chi connectivity index (χ2v) is 9.97. The highest BCUT2D eigenvalue weighted by Gasteiger charge is 2.01. The van der Waals surface area contributed by atoms with Crippen LogP contribution in [0.4, 0.5) is 0 Å². The first kappa shape index (κ1) is 28.8. The zero-order chi connectivity index (χ0) is 21.4. The first-order valence-corrected chi connectivity index (χ1v) is 13.8. The first-order chi connectivity index (χ1) is 14.2. The maximum atomic E-state index is 11.7. The van der Waals surface area contributed by atoms with Crippen molar-refractivity contribution >= 4 is 17.7 Å². The van der Waals surface area contributed by atoms with Gasteiger partial charge in [0, 0.05) is 6.54 Å². The van der Waals surface area contributed by atoms with Crippen LogP contribution in [0.1, 0.15) is 116 Å². The summed E-state index contributed by atoms with van der Waals surface area (Å²) >= 11 is 1.79. The van der Waals surface area contributed by atoms with Gasteiger partial charge < -0.3 is 10.2 Å². The molecule has 0 radical (unpaired) electrons. The second kappa shape index (κ2) is 24.1. The van der Waals surface area contributed by atoms with Crippen LogP contribution in [0.5, 0.6) is 0 Å². The predicted octanol–water partition coefficient (Wildman–Crippen LogP) is 7.05. The third-order valence-corrected chi connectivity index (χ3v) is 6.52. The van der Waals surface area contributed by atoms with E-state index in [0.717, 1.165) is 25.3 Å². The van der Waals surface area contributed by atoms with Gasteiger partial charge in [0.1, 0.15) is 0 Å². The number of nitrogens with zero attached hydrogens (tertiary/aromatic N) is 1. The summed E-state index contributed by atoms with van der Waals surface area (Å²) in [6.45, 7) is 4.13. The fourth-order valence-corrected chi connectivity index (χ4v) is 4.43. The molecule has 0 aliphatic carbocycles. The summed E-state index contributed by atoms with van der Waals surface area (Å²) in [5.74, 6) is 1.95. The molecule has 0 saturated heterocycles. The predicted molar refractivity (Wildman–Crippen MR) is 133 cm³/mol. The molecule has 3 nitrogen and oxygen atoms in total. The molecule has 0 spiro atoms. The van der Waals surface area contributed by atoms with Crippen LogP contribution in [-0.4, -0.2) is 49.5 Å². The number of amides is 1. The molecule has 0 aromatic heterocycles. The van der Waals surface area contributed by atoms with Crippen LogP contribution in [0, 0.1) is 0 Å². The molecule has 0 atom stereocenters. The SMILES string of the molecule is CCCCCCCCCCCCCCCCCCSCC(=O)NCCCN(C)C. The molecule has 174 valence electrons. The monoisotopic (exact) mass is 428 g/mol.